The summed E-state index contributed by atoms with van der Waals surface area (Å²) in [5, 5.41) is 13.9. The molecule has 102 valence electrons. The van der Waals surface area contributed by atoms with Crippen LogP contribution in [0, 0.1) is 5.41 Å². The minimum atomic E-state index is 0.0575. The highest BCUT2D eigenvalue weighted by Gasteiger charge is 2.31. The molecule has 1 aromatic heterocycles. The molecule has 2 N–H and O–H groups in total. The Morgan fingerprint density at radius 2 is 2.06 bits per heavy atom. The summed E-state index contributed by atoms with van der Waals surface area (Å²) in [6, 6.07) is 0. The van der Waals surface area contributed by atoms with E-state index in [-0.39, 0.29) is 12.0 Å². The second kappa shape index (κ2) is 5.97. The van der Waals surface area contributed by atoms with Gasteiger partial charge in [0.15, 0.2) is 0 Å². The van der Waals surface area contributed by atoms with Gasteiger partial charge in [0.05, 0.1) is 6.61 Å². The number of aromatic nitrogens is 2. The van der Waals surface area contributed by atoms with Crippen LogP contribution < -0.4 is 5.32 Å². The van der Waals surface area contributed by atoms with E-state index in [1.165, 1.54) is 30.8 Å². The molecule has 18 heavy (non-hydrogen) atoms. The number of nitrogens with zero attached hydrogens (tertiary/aromatic N) is 2. The van der Waals surface area contributed by atoms with Crippen molar-refractivity contribution in [2.45, 2.75) is 51.9 Å². The van der Waals surface area contributed by atoms with Crippen LogP contribution in [0.3, 0.4) is 0 Å². The Balaban J connectivity index is 1.92. The van der Waals surface area contributed by atoms with Crippen molar-refractivity contribution >= 4 is 16.7 Å². The second-order valence-electron chi connectivity index (χ2n) is 5.68. The zero-order valence-electron chi connectivity index (χ0n) is 11.3. The minimum Gasteiger partial charge on any atom is -0.396 e. The summed E-state index contributed by atoms with van der Waals surface area (Å²) in [5.74, 6) is 1.28. The number of nitrogens with one attached hydrogen (secondary N) is 1. The van der Waals surface area contributed by atoms with E-state index < -0.39 is 0 Å². The van der Waals surface area contributed by atoms with Crippen molar-refractivity contribution in [1.29, 1.82) is 0 Å². The van der Waals surface area contributed by atoms with Gasteiger partial charge in [-0.1, -0.05) is 33.1 Å². The smallest absolute Gasteiger partial charge is 0.202 e. The summed E-state index contributed by atoms with van der Waals surface area (Å²) in [6.45, 7) is 5.29. The van der Waals surface area contributed by atoms with E-state index in [1.807, 2.05) is 0 Å². The van der Waals surface area contributed by atoms with Crippen molar-refractivity contribution < 1.29 is 5.11 Å². The van der Waals surface area contributed by atoms with Gasteiger partial charge in [-0.05, 0) is 12.8 Å². The fraction of sp³-hybridized carbons (Fsp3) is 0.846. The van der Waals surface area contributed by atoms with E-state index in [1.54, 1.807) is 0 Å². The first-order valence-corrected chi connectivity index (χ1v) is 7.61. The summed E-state index contributed by atoms with van der Waals surface area (Å²) in [7, 11) is 0. The normalized spacial score (nSPS) is 19.1. The van der Waals surface area contributed by atoms with Gasteiger partial charge in [-0.15, -0.1) is 0 Å². The predicted octanol–water partition coefficient (Wildman–Crippen LogP) is 3.02. The largest absolute Gasteiger partial charge is 0.396 e. The fourth-order valence-electron chi connectivity index (χ4n) is 2.50. The van der Waals surface area contributed by atoms with Crippen LogP contribution in [0.4, 0.5) is 5.13 Å². The summed E-state index contributed by atoms with van der Waals surface area (Å²) in [5.41, 5.74) is 0.0575. The molecular weight excluding hydrogens is 246 g/mol. The summed E-state index contributed by atoms with van der Waals surface area (Å²) in [6.07, 6.45) is 6.00. The van der Waals surface area contributed by atoms with Crippen LogP contribution in [0.15, 0.2) is 0 Å². The van der Waals surface area contributed by atoms with Crippen molar-refractivity contribution in [3.63, 3.8) is 0 Å². The van der Waals surface area contributed by atoms with Crippen LogP contribution in [0.25, 0.3) is 0 Å². The molecule has 1 aliphatic carbocycles. The summed E-state index contributed by atoms with van der Waals surface area (Å²) >= 11 is 1.42. The van der Waals surface area contributed by atoms with Crippen LogP contribution in [0.5, 0.6) is 0 Å². The van der Waals surface area contributed by atoms with Crippen LogP contribution in [-0.2, 0) is 0 Å². The lowest BCUT2D eigenvalue weighted by molar-refractivity contribution is 0.0944. The number of hydrogen-bond acceptors (Lipinski definition) is 5. The average molecular weight is 269 g/mol. The first kappa shape index (κ1) is 13.7. The van der Waals surface area contributed by atoms with Gasteiger partial charge in [-0.3, -0.25) is 0 Å². The molecule has 0 amide bonds. The van der Waals surface area contributed by atoms with Gasteiger partial charge in [-0.25, -0.2) is 4.98 Å². The van der Waals surface area contributed by atoms with Crippen molar-refractivity contribution in [3.05, 3.63) is 5.82 Å². The van der Waals surface area contributed by atoms with Gasteiger partial charge in [0.1, 0.15) is 5.82 Å². The van der Waals surface area contributed by atoms with Gasteiger partial charge in [0, 0.05) is 29.4 Å². The molecule has 1 aromatic rings. The first-order valence-electron chi connectivity index (χ1n) is 6.83. The molecule has 4 nitrogen and oxygen atoms in total. The standard InChI is InChI=1S/C13H23N3OS/c1-10(2)11-15-12(18-16-11)14-8-13(9-17)6-4-3-5-7-13/h10,17H,3-9H2,1-2H3,(H,14,15,16). The van der Waals surface area contributed by atoms with E-state index >= 15 is 0 Å². The molecule has 0 saturated heterocycles. The Bertz CT molecular complexity index is 372. The number of rotatable bonds is 5. The van der Waals surface area contributed by atoms with E-state index in [0.29, 0.717) is 5.92 Å². The van der Waals surface area contributed by atoms with Crippen LogP contribution in [-0.4, -0.2) is 27.6 Å². The molecule has 2 rings (SSSR count). The Hall–Kier alpha value is -0.680. The molecular formula is C13H23N3OS. The number of aliphatic hydroxyl groups excluding tert-OH is 1. The average Bonchev–Trinajstić information content (AvgIpc) is 2.87. The molecule has 0 radical (unpaired) electrons. The second-order valence-corrected chi connectivity index (χ2v) is 6.44. The third-order valence-electron chi connectivity index (χ3n) is 3.82. The van der Waals surface area contributed by atoms with Crippen molar-refractivity contribution in [1.82, 2.24) is 9.36 Å². The van der Waals surface area contributed by atoms with Gasteiger partial charge in [0.25, 0.3) is 0 Å². The Morgan fingerprint density at radius 3 is 2.61 bits per heavy atom. The molecule has 1 aliphatic rings. The molecule has 0 spiro atoms. The Labute approximate surface area is 113 Å². The van der Waals surface area contributed by atoms with Crippen molar-refractivity contribution in [3.8, 4) is 0 Å². The quantitative estimate of drug-likeness (QED) is 0.862. The molecule has 0 unspecified atom stereocenters. The zero-order chi connectivity index (χ0) is 13.0. The first-order chi connectivity index (χ1) is 8.65. The minimum absolute atomic E-state index is 0.0575. The van der Waals surface area contributed by atoms with Gasteiger partial charge >= 0.3 is 0 Å². The van der Waals surface area contributed by atoms with Crippen LogP contribution in [0.1, 0.15) is 57.7 Å². The van der Waals surface area contributed by atoms with Gasteiger partial charge < -0.3 is 10.4 Å². The number of aliphatic hydroxyl groups is 1. The fourth-order valence-corrected chi connectivity index (χ4v) is 3.20. The lowest BCUT2D eigenvalue weighted by Gasteiger charge is -2.35. The topological polar surface area (TPSA) is 58.0 Å². The molecule has 5 heteroatoms. The lowest BCUT2D eigenvalue weighted by atomic mass is 9.74. The predicted molar refractivity (Wildman–Crippen MR) is 75.1 cm³/mol. The van der Waals surface area contributed by atoms with Crippen LogP contribution in [0.2, 0.25) is 0 Å². The SMILES string of the molecule is CC(C)c1nsc(NCC2(CO)CCCCC2)n1. The van der Waals surface area contributed by atoms with Crippen molar-refractivity contribution in [2.75, 3.05) is 18.5 Å². The summed E-state index contributed by atoms with van der Waals surface area (Å²) < 4.78 is 4.33. The highest BCUT2D eigenvalue weighted by atomic mass is 32.1. The van der Waals surface area contributed by atoms with E-state index in [2.05, 4.69) is 28.5 Å². The van der Waals surface area contributed by atoms with E-state index in [0.717, 1.165) is 30.3 Å². The van der Waals surface area contributed by atoms with E-state index in [4.69, 9.17) is 0 Å². The number of anilines is 1. The maximum absolute atomic E-state index is 9.64. The molecule has 1 fully saturated rings. The Kier molecular flexibility index (Phi) is 4.56. The molecule has 0 bridgehead atoms. The highest BCUT2D eigenvalue weighted by Crippen LogP contribution is 2.36. The third kappa shape index (κ3) is 3.20. The summed E-state index contributed by atoms with van der Waals surface area (Å²) in [4.78, 5) is 4.47. The third-order valence-corrected chi connectivity index (χ3v) is 4.51. The molecule has 1 saturated carbocycles. The van der Waals surface area contributed by atoms with Crippen molar-refractivity contribution in [2.24, 2.45) is 5.41 Å². The Morgan fingerprint density at radius 1 is 1.33 bits per heavy atom. The molecule has 0 aromatic carbocycles. The number of hydrogen-bond donors (Lipinski definition) is 2. The highest BCUT2D eigenvalue weighted by molar-refractivity contribution is 7.09. The van der Waals surface area contributed by atoms with Crippen LogP contribution >= 0.6 is 11.5 Å². The molecule has 0 atom stereocenters. The van der Waals surface area contributed by atoms with E-state index in [9.17, 15) is 5.11 Å². The maximum atomic E-state index is 9.64. The monoisotopic (exact) mass is 269 g/mol. The van der Waals surface area contributed by atoms with Gasteiger partial charge in [-0.2, -0.15) is 4.37 Å². The van der Waals surface area contributed by atoms with Gasteiger partial charge in [0.2, 0.25) is 5.13 Å². The molecule has 0 aliphatic heterocycles. The molecule has 1 heterocycles. The zero-order valence-corrected chi connectivity index (χ0v) is 12.1. The maximum Gasteiger partial charge on any atom is 0.202 e. The lowest BCUT2D eigenvalue weighted by Crippen LogP contribution is -2.35.